The Labute approximate surface area is 85.8 Å². The lowest BCUT2D eigenvalue weighted by Gasteiger charge is -2.00. The number of nitriles is 1. The average Bonchev–Trinajstić information content (AvgIpc) is 2.61. The van der Waals surface area contributed by atoms with Crippen LogP contribution in [0.3, 0.4) is 0 Å². The second-order valence-electron chi connectivity index (χ2n) is 2.81. The van der Waals surface area contributed by atoms with E-state index in [2.05, 4.69) is 9.97 Å². The number of hydrogen-bond donors (Lipinski definition) is 0. The van der Waals surface area contributed by atoms with Gasteiger partial charge in [0, 0.05) is 12.5 Å². The lowest BCUT2D eigenvalue weighted by Crippen LogP contribution is -1.97. The second-order valence-corrected chi connectivity index (χ2v) is 3.15. The maximum absolute atomic E-state index is 8.68. The molecule has 2 heterocycles. The van der Waals surface area contributed by atoms with Crippen LogP contribution in [0.5, 0.6) is 0 Å². The number of aromatic nitrogens is 3. The zero-order valence-corrected chi connectivity index (χ0v) is 8.28. The van der Waals surface area contributed by atoms with Crippen molar-refractivity contribution in [3.63, 3.8) is 0 Å². The van der Waals surface area contributed by atoms with E-state index >= 15 is 0 Å². The Bertz CT molecular complexity index is 523. The lowest BCUT2D eigenvalue weighted by atomic mass is 10.4. The molecule has 0 aliphatic rings. The van der Waals surface area contributed by atoms with Crippen LogP contribution in [-0.4, -0.2) is 14.4 Å². The zero-order chi connectivity index (χ0) is 10.1. The molecule has 0 bridgehead atoms. The number of nitrogens with zero attached hydrogens (tertiary/aromatic N) is 4. The van der Waals surface area contributed by atoms with Crippen LogP contribution in [-0.2, 0) is 6.42 Å². The van der Waals surface area contributed by atoms with Crippen LogP contribution in [0, 0.1) is 11.3 Å². The van der Waals surface area contributed by atoms with Crippen molar-refractivity contribution in [1.82, 2.24) is 14.4 Å². The summed E-state index contributed by atoms with van der Waals surface area (Å²) >= 11 is 5.93. The van der Waals surface area contributed by atoms with E-state index in [1.165, 1.54) is 0 Å². The highest BCUT2D eigenvalue weighted by Crippen LogP contribution is 2.15. The van der Waals surface area contributed by atoms with Gasteiger partial charge in [0.25, 0.3) is 0 Å². The number of hydrogen-bond acceptors (Lipinski definition) is 3. The Balaban J connectivity index is 2.80. The first-order valence-corrected chi connectivity index (χ1v) is 4.57. The molecule has 0 saturated heterocycles. The number of aryl methyl sites for hydroxylation is 1. The van der Waals surface area contributed by atoms with Crippen LogP contribution in [0.2, 0.25) is 5.28 Å². The van der Waals surface area contributed by atoms with Gasteiger partial charge in [0.1, 0.15) is 17.6 Å². The molecule has 2 rings (SSSR count). The van der Waals surface area contributed by atoms with Crippen molar-refractivity contribution in [2.45, 2.75) is 13.3 Å². The Morgan fingerprint density at radius 3 is 3.07 bits per heavy atom. The first kappa shape index (κ1) is 8.97. The number of imidazole rings is 1. The highest BCUT2D eigenvalue weighted by Gasteiger charge is 2.07. The summed E-state index contributed by atoms with van der Waals surface area (Å²) in [5, 5.41) is 8.97. The van der Waals surface area contributed by atoms with Gasteiger partial charge in [-0.05, 0) is 11.6 Å². The maximum Gasteiger partial charge on any atom is 0.210 e. The minimum absolute atomic E-state index is 0.286. The van der Waals surface area contributed by atoms with E-state index in [4.69, 9.17) is 16.9 Å². The molecule has 0 unspecified atom stereocenters. The second kappa shape index (κ2) is 3.28. The minimum atomic E-state index is 0.286. The molecule has 0 saturated carbocycles. The molecule has 2 aromatic rings. The SMILES string of the molecule is CCc1ncc2cc(C#N)nc(Cl)n12. The van der Waals surface area contributed by atoms with Gasteiger partial charge < -0.3 is 0 Å². The molecular formula is C9H7ClN4. The summed E-state index contributed by atoms with van der Waals surface area (Å²) in [5.74, 6) is 0.849. The van der Waals surface area contributed by atoms with Crippen molar-refractivity contribution in [1.29, 1.82) is 5.26 Å². The largest absolute Gasteiger partial charge is 0.271 e. The molecule has 0 amide bonds. The van der Waals surface area contributed by atoms with Gasteiger partial charge in [-0.3, -0.25) is 4.40 Å². The quantitative estimate of drug-likeness (QED) is 0.669. The maximum atomic E-state index is 8.68. The predicted molar refractivity (Wildman–Crippen MR) is 52.1 cm³/mol. The molecule has 0 aliphatic carbocycles. The van der Waals surface area contributed by atoms with Crippen LogP contribution in [0.4, 0.5) is 0 Å². The fourth-order valence-corrected chi connectivity index (χ4v) is 1.63. The van der Waals surface area contributed by atoms with Gasteiger partial charge in [0.15, 0.2) is 0 Å². The van der Waals surface area contributed by atoms with E-state index in [0.29, 0.717) is 5.69 Å². The van der Waals surface area contributed by atoms with Gasteiger partial charge in [0.05, 0.1) is 11.7 Å². The van der Waals surface area contributed by atoms with Gasteiger partial charge in [-0.15, -0.1) is 0 Å². The normalized spacial score (nSPS) is 10.4. The molecule has 0 aliphatic heterocycles. The zero-order valence-electron chi connectivity index (χ0n) is 7.53. The molecule has 2 aromatic heterocycles. The van der Waals surface area contributed by atoms with Crippen molar-refractivity contribution in [2.75, 3.05) is 0 Å². The summed E-state index contributed by atoms with van der Waals surface area (Å²) in [6.07, 6.45) is 2.47. The van der Waals surface area contributed by atoms with Crippen molar-refractivity contribution < 1.29 is 0 Å². The van der Waals surface area contributed by atoms with E-state index in [1.807, 2.05) is 13.0 Å². The summed E-state index contributed by atoms with van der Waals surface area (Å²) in [7, 11) is 0. The molecule has 4 nitrogen and oxygen atoms in total. The van der Waals surface area contributed by atoms with Crippen molar-refractivity contribution in [3.8, 4) is 6.07 Å². The van der Waals surface area contributed by atoms with Gasteiger partial charge >= 0.3 is 0 Å². The van der Waals surface area contributed by atoms with Crippen LogP contribution in [0.15, 0.2) is 12.3 Å². The highest BCUT2D eigenvalue weighted by atomic mass is 35.5. The molecule has 14 heavy (non-hydrogen) atoms. The Morgan fingerprint density at radius 1 is 1.64 bits per heavy atom. The lowest BCUT2D eigenvalue weighted by molar-refractivity contribution is 0.911. The van der Waals surface area contributed by atoms with E-state index in [9.17, 15) is 0 Å². The molecule has 0 spiro atoms. The standard InChI is InChI=1S/C9H7ClN4/c1-2-8-12-5-7-3-6(4-11)13-9(10)14(7)8/h3,5H,2H2,1H3. The molecule has 70 valence electrons. The Kier molecular flexibility index (Phi) is 2.10. The highest BCUT2D eigenvalue weighted by molar-refractivity contribution is 6.28. The van der Waals surface area contributed by atoms with Crippen LogP contribution >= 0.6 is 11.6 Å². The third kappa shape index (κ3) is 1.22. The molecule has 5 heteroatoms. The molecule has 0 aromatic carbocycles. The average molecular weight is 207 g/mol. The van der Waals surface area contributed by atoms with Crippen LogP contribution in [0.1, 0.15) is 18.4 Å². The molecule has 0 fully saturated rings. The molecule has 0 radical (unpaired) electrons. The molecule has 0 atom stereocenters. The first-order chi connectivity index (χ1) is 6.76. The predicted octanol–water partition coefficient (Wildman–Crippen LogP) is 1.82. The number of fused-ring (bicyclic) bond motifs is 1. The summed E-state index contributed by atoms with van der Waals surface area (Å²) < 4.78 is 1.74. The third-order valence-electron chi connectivity index (χ3n) is 1.97. The summed E-state index contributed by atoms with van der Waals surface area (Å²) in [4.78, 5) is 8.11. The monoisotopic (exact) mass is 206 g/mol. The minimum Gasteiger partial charge on any atom is -0.271 e. The summed E-state index contributed by atoms with van der Waals surface area (Å²) in [6, 6.07) is 3.62. The van der Waals surface area contributed by atoms with Crippen LogP contribution in [0.25, 0.3) is 5.52 Å². The number of rotatable bonds is 1. The van der Waals surface area contributed by atoms with Gasteiger partial charge in [0.2, 0.25) is 5.28 Å². The van der Waals surface area contributed by atoms with Gasteiger partial charge in [-0.1, -0.05) is 6.92 Å². The van der Waals surface area contributed by atoms with Gasteiger partial charge in [-0.25, -0.2) is 9.97 Å². The van der Waals surface area contributed by atoms with Crippen molar-refractivity contribution >= 4 is 17.1 Å². The van der Waals surface area contributed by atoms with E-state index < -0.39 is 0 Å². The first-order valence-electron chi connectivity index (χ1n) is 4.19. The summed E-state index contributed by atoms with van der Waals surface area (Å²) in [5.41, 5.74) is 1.11. The Hall–Kier alpha value is -1.60. The van der Waals surface area contributed by atoms with E-state index in [1.54, 1.807) is 16.7 Å². The molecular weight excluding hydrogens is 200 g/mol. The fourth-order valence-electron chi connectivity index (χ4n) is 1.35. The van der Waals surface area contributed by atoms with Crippen molar-refractivity contribution in [3.05, 3.63) is 29.1 Å². The molecule has 0 N–H and O–H groups in total. The van der Waals surface area contributed by atoms with E-state index in [0.717, 1.165) is 17.8 Å². The van der Waals surface area contributed by atoms with Crippen molar-refractivity contribution in [2.24, 2.45) is 0 Å². The Morgan fingerprint density at radius 2 is 2.43 bits per heavy atom. The summed E-state index contributed by atoms with van der Waals surface area (Å²) in [6.45, 7) is 1.99. The third-order valence-corrected chi connectivity index (χ3v) is 2.23. The number of halogens is 1. The van der Waals surface area contributed by atoms with Gasteiger partial charge in [-0.2, -0.15) is 5.26 Å². The topological polar surface area (TPSA) is 54.0 Å². The smallest absolute Gasteiger partial charge is 0.210 e. The van der Waals surface area contributed by atoms with E-state index in [-0.39, 0.29) is 5.28 Å². The fraction of sp³-hybridized carbons (Fsp3) is 0.222. The van der Waals surface area contributed by atoms with Crippen LogP contribution < -0.4 is 0 Å².